The first-order valence-electron chi connectivity index (χ1n) is 11.2. The number of hydrogen-bond donors (Lipinski definition) is 0. The first-order chi connectivity index (χ1) is 15.6. The van der Waals surface area contributed by atoms with Gasteiger partial charge < -0.3 is 18.9 Å². The molecule has 2 rings (SSSR count). The fraction of sp³-hybridized carbons (Fsp3) is 0.600. The Kier molecular flexibility index (Phi) is 8.34. The van der Waals surface area contributed by atoms with Crippen molar-refractivity contribution in [2.75, 3.05) is 6.54 Å². The van der Waals surface area contributed by atoms with Gasteiger partial charge in [-0.15, -0.1) is 0 Å². The molecule has 188 valence electrons. The Labute approximate surface area is 200 Å². The number of rotatable bonds is 5. The highest BCUT2D eigenvalue weighted by molar-refractivity contribution is 5.94. The largest absolute Gasteiger partial charge is 0.509 e. The zero-order valence-electron chi connectivity index (χ0n) is 21.2. The minimum absolute atomic E-state index is 0.0394. The topological polar surface area (TPSA) is 108 Å². The van der Waals surface area contributed by atoms with Crippen molar-refractivity contribution in [3.8, 4) is 0 Å². The van der Waals surface area contributed by atoms with Crippen LogP contribution in [0.25, 0.3) is 0 Å². The van der Waals surface area contributed by atoms with Gasteiger partial charge in [-0.2, -0.15) is 0 Å². The molecule has 3 atom stereocenters. The van der Waals surface area contributed by atoms with E-state index in [4.69, 9.17) is 18.9 Å². The van der Waals surface area contributed by atoms with Crippen molar-refractivity contribution in [1.82, 2.24) is 4.90 Å². The van der Waals surface area contributed by atoms with E-state index in [2.05, 4.69) is 0 Å². The van der Waals surface area contributed by atoms with Crippen molar-refractivity contribution < 1.29 is 38.1 Å². The number of amides is 1. The highest BCUT2D eigenvalue weighted by atomic mass is 16.7. The molecule has 0 N–H and O–H groups in total. The van der Waals surface area contributed by atoms with Crippen LogP contribution in [0, 0.1) is 0 Å². The van der Waals surface area contributed by atoms with E-state index < -0.39 is 47.7 Å². The molecule has 1 aromatic carbocycles. The lowest BCUT2D eigenvalue weighted by atomic mass is 9.99. The fourth-order valence-electron chi connectivity index (χ4n) is 3.58. The van der Waals surface area contributed by atoms with Gasteiger partial charge in [-0.05, 0) is 60.5 Å². The highest BCUT2D eigenvalue weighted by Gasteiger charge is 2.49. The van der Waals surface area contributed by atoms with Crippen molar-refractivity contribution in [1.29, 1.82) is 0 Å². The third-order valence-electron chi connectivity index (χ3n) is 4.90. The number of ketones is 1. The number of nitrogens with zero attached hydrogens (tertiary/aromatic N) is 1. The summed E-state index contributed by atoms with van der Waals surface area (Å²) in [6.07, 6.45) is -3.16. The molecular formula is C25H35NO8. The lowest BCUT2D eigenvalue weighted by molar-refractivity contribution is -0.153. The van der Waals surface area contributed by atoms with Crippen molar-refractivity contribution in [3.63, 3.8) is 0 Å². The molecule has 0 aliphatic carbocycles. The van der Waals surface area contributed by atoms with Crippen molar-refractivity contribution in [2.45, 2.75) is 91.3 Å². The lowest BCUT2D eigenvalue weighted by Gasteiger charge is -2.30. The molecule has 34 heavy (non-hydrogen) atoms. The second kappa shape index (κ2) is 10.4. The second-order valence-corrected chi connectivity index (χ2v) is 10.4. The summed E-state index contributed by atoms with van der Waals surface area (Å²) in [6, 6.07) is 6.27. The summed E-state index contributed by atoms with van der Waals surface area (Å²) in [5, 5.41) is 0. The third-order valence-corrected chi connectivity index (χ3v) is 4.90. The van der Waals surface area contributed by atoms with Crippen LogP contribution in [0.5, 0.6) is 0 Å². The molecular weight excluding hydrogens is 442 g/mol. The Morgan fingerprint density at radius 1 is 0.882 bits per heavy atom. The predicted molar refractivity (Wildman–Crippen MR) is 124 cm³/mol. The molecule has 0 bridgehead atoms. The summed E-state index contributed by atoms with van der Waals surface area (Å²) in [7, 11) is 0. The Balaban J connectivity index is 2.37. The van der Waals surface area contributed by atoms with Gasteiger partial charge in [-0.25, -0.2) is 9.59 Å². The van der Waals surface area contributed by atoms with E-state index in [1.54, 1.807) is 65.8 Å². The van der Waals surface area contributed by atoms with Crippen LogP contribution in [0.3, 0.4) is 0 Å². The lowest BCUT2D eigenvalue weighted by Crippen LogP contribution is -2.45. The van der Waals surface area contributed by atoms with Gasteiger partial charge >= 0.3 is 18.2 Å². The van der Waals surface area contributed by atoms with Crippen LogP contribution in [0.15, 0.2) is 24.3 Å². The molecule has 0 radical (unpaired) electrons. The molecule has 1 saturated heterocycles. The summed E-state index contributed by atoms with van der Waals surface area (Å²) in [5.74, 6) is -0.642. The van der Waals surface area contributed by atoms with Gasteiger partial charge in [0.25, 0.3) is 0 Å². The number of Topliss-reactive ketones (excluding diaryl/α,β-unsaturated/α-hetero) is 1. The zero-order chi connectivity index (χ0) is 25.8. The van der Waals surface area contributed by atoms with Gasteiger partial charge in [0.05, 0.1) is 12.6 Å². The van der Waals surface area contributed by atoms with Crippen molar-refractivity contribution in [3.05, 3.63) is 35.4 Å². The maximum atomic E-state index is 13.0. The van der Waals surface area contributed by atoms with E-state index in [1.165, 1.54) is 18.7 Å². The van der Waals surface area contributed by atoms with E-state index in [0.717, 1.165) is 5.56 Å². The summed E-state index contributed by atoms with van der Waals surface area (Å²) in [4.78, 5) is 50.3. The number of likely N-dealkylation sites (tertiary alicyclic amines) is 1. The van der Waals surface area contributed by atoms with E-state index in [9.17, 15) is 19.2 Å². The van der Waals surface area contributed by atoms with E-state index in [0.29, 0.717) is 5.56 Å². The van der Waals surface area contributed by atoms with Crippen LogP contribution in [0.4, 0.5) is 9.59 Å². The second-order valence-electron chi connectivity index (χ2n) is 10.4. The summed E-state index contributed by atoms with van der Waals surface area (Å²) in [5.41, 5.74) is -0.179. The number of carbonyl (C=O) groups excluding carboxylic acids is 4. The van der Waals surface area contributed by atoms with E-state index in [1.807, 2.05) is 0 Å². The minimum atomic E-state index is -0.951. The molecule has 1 amide bonds. The monoisotopic (exact) mass is 477 g/mol. The van der Waals surface area contributed by atoms with Crippen molar-refractivity contribution in [2.24, 2.45) is 0 Å². The highest BCUT2D eigenvalue weighted by Crippen LogP contribution is 2.30. The molecule has 0 saturated carbocycles. The standard InChI is InChI=1S/C25H35NO8/c1-15(27)18-11-9-17(10-12-18)13-19-21(31-16(2)28)20(32-23(30)34-25(6,7)8)14-26(19)22(29)33-24(3,4)5/h9-12,19-21H,13-14H2,1-8H3/t19-,20+,21+/m1/s1. The smallest absolute Gasteiger partial charge is 0.456 e. The first kappa shape index (κ1) is 27.1. The molecule has 1 heterocycles. The van der Waals surface area contributed by atoms with Crippen LogP contribution < -0.4 is 0 Å². The summed E-state index contributed by atoms with van der Waals surface area (Å²) >= 11 is 0. The maximum absolute atomic E-state index is 13.0. The average molecular weight is 478 g/mol. The molecule has 1 fully saturated rings. The van der Waals surface area contributed by atoms with Crippen LogP contribution in [-0.4, -0.2) is 64.9 Å². The number of carbonyl (C=O) groups is 4. The van der Waals surface area contributed by atoms with E-state index in [-0.39, 0.29) is 18.7 Å². The number of esters is 1. The van der Waals surface area contributed by atoms with Gasteiger partial charge in [0.2, 0.25) is 0 Å². The van der Waals surface area contributed by atoms with Crippen LogP contribution in [0.1, 0.15) is 71.3 Å². The Bertz CT molecular complexity index is 910. The molecule has 0 spiro atoms. The van der Waals surface area contributed by atoms with Gasteiger partial charge in [0.15, 0.2) is 18.0 Å². The third kappa shape index (κ3) is 8.04. The molecule has 1 aliphatic rings. The maximum Gasteiger partial charge on any atom is 0.509 e. The first-order valence-corrected chi connectivity index (χ1v) is 11.2. The fourth-order valence-corrected chi connectivity index (χ4v) is 3.58. The van der Waals surface area contributed by atoms with Gasteiger partial charge in [-0.3, -0.25) is 14.5 Å². The Hall–Kier alpha value is -3.10. The number of ether oxygens (including phenoxy) is 4. The molecule has 0 unspecified atom stereocenters. The predicted octanol–water partition coefficient (Wildman–Crippen LogP) is 4.30. The molecule has 1 aromatic rings. The van der Waals surface area contributed by atoms with Gasteiger partial charge in [0, 0.05) is 12.5 Å². The quantitative estimate of drug-likeness (QED) is 0.351. The van der Waals surface area contributed by atoms with Crippen LogP contribution >= 0.6 is 0 Å². The summed E-state index contributed by atoms with van der Waals surface area (Å²) in [6.45, 7) is 13.0. The molecule has 9 nitrogen and oxygen atoms in total. The van der Waals surface area contributed by atoms with Gasteiger partial charge in [0.1, 0.15) is 11.2 Å². The molecule has 0 aromatic heterocycles. The van der Waals surface area contributed by atoms with Crippen LogP contribution in [-0.2, 0) is 30.2 Å². The Morgan fingerprint density at radius 3 is 1.91 bits per heavy atom. The van der Waals surface area contributed by atoms with Crippen molar-refractivity contribution >= 4 is 24.0 Å². The molecule has 9 heteroatoms. The SMILES string of the molecule is CC(=O)O[C@@H]1[C@@H](OC(=O)OC(C)(C)C)CN(C(=O)OC(C)(C)C)[C@@H]1Cc1ccc(C(C)=O)cc1. The minimum Gasteiger partial charge on any atom is -0.456 e. The molecule has 1 aliphatic heterocycles. The number of benzene rings is 1. The van der Waals surface area contributed by atoms with Crippen LogP contribution in [0.2, 0.25) is 0 Å². The van der Waals surface area contributed by atoms with E-state index >= 15 is 0 Å². The normalized spacial score (nSPS) is 20.5. The Morgan fingerprint density at radius 2 is 1.44 bits per heavy atom. The summed E-state index contributed by atoms with van der Waals surface area (Å²) < 4.78 is 21.8. The van der Waals surface area contributed by atoms with Gasteiger partial charge in [-0.1, -0.05) is 24.3 Å². The average Bonchev–Trinajstić information content (AvgIpc) is 2.96. The number of hydrogen-bond acceptors (Lipinski definition) is 8. The zero-order valence-corrected chi connectivity index (χ0v) is 21.2.